The maximum Gasteiger partial charge on any atom is -0.0256 e. The van der Waals surface area contributed by atoms with Crippen LogP contribution in [0.2, 0.25) is 0 Å². The summed E-state index contributed by atoms with van der Waals surface area (Å²) < 4.78 is 0. The summed E-state index contributed by atoms with van der Waals surface area (Å²) in [7, 11) is 0. The van der Waals surface area contributed by atoms with Crippen LogP contribution >= 0.6 is 0 Å². The molecule has 0 spiro atoms. The van der Waals surface area contributed by atoms with Crippen LogP contribution in [0.4, 0.5) is 0 Å². The van der Waals surface area contributed by atoms with E-state index in [9.17, 15) is 0 Å². The molecule has 18 heavy (non-hydrogen) atoms. The smallest absolute Gasteiger partial charge is 0.0256 e. The van der Waals surface area contributed by atoms with E-state index in [0.29, 0.717) is 0 Å². The molecule has 1 aromatic rings. The van der Waals surface area contributed by atoms with Gasteiger partial charge in [-0.05, 0) is 38.7 Å². The van der Waals surface area contributed by atoms with E-state index in [1.54, 1.807) is 0 Å². The van der Waals surface area contributed by atoms with Crippen LogP contribution in [0, 0.1) is 12.8 Å². The Morgan fingerprint density at radius 3 is 1.61 bits per heavy atom. The van der Waals surface area contributed by atoms with Crippen molar-refractivity contribution in [3.05, 3.63) is 47.5 Å². The summed E-state index contributed by atoms with van der Waals surface area (Å²) in [5, 5.41) is 0. The highest BCUT2D eigenvalue weighted by atomic mass is 14.0. The van der Waals surface area contributed by atoms with Crippen molar-refractivity contribution in [3.8, 4) is 0 Å². The fraction of sp³-hybridized carbons (Fsp3) is 0.556. The first-order valence-electron chi connectivity index (χ1n) is 7.14. The summed E-state index contributed by atoms with van der Waals surface area (Å²) in [5.41, 5.74) is 2.79. The van der Waals surface area contributed by atoms with E-state index in [1.807, 2.05) is 26.0 Å². The lowest BCUT2D eigenvalue weighted by atomic mass is 10.0. The van der Waals surface area contributed by atoms with Gasteiger partial charge in [0.25, 0.3) is 0 Å². The molecule has 0 heterocycles. The van der Waals surface area contributed by atoms with Crippen LogP contribution in [0.1, 0.15) is 59.1 Å². The summed E-state index contributed by atoms with van der Waals surface area (Å²) >= 11 is 0. The van der Waals surface area contributed by atoms with Gasteiger partial charge in [-0.15, -0.1) is 0 Å². The van der Waals surface area contributed by atoms with Crippen molar-refractivity contribution >= 4 is 0 Å². The Kier molecular flexibility index (Phi) is 15.0. The molecule has 0 fully saturated rings. The summed E-state index contributed by atoms with van der Waals surface area (Å²) in [5.74, 6) is 0.762. The molecule has 0 radical (unpaired) electrons. The minimum Gasteiger partial charge on any atom is -0.0919 e. The van der Waals surface area contributed by atoms with Crippen LogP contribution in [0.15, 0.2) is 36.4 Å². The lowest BCUT2D eigenvalue weighted by Gasteiger charge is -2.04. The molecule has 0 amide bonds. The third kappa shape index (κ3) is 15.0. The monoisotopic (exact) mass is 248 g/mol. The molecule has 0 nitrogen and oxygen atoms in total. The first kappa shape index (κ1) is 19.3. The van der Waals surface area contributed by atoms with Gasteiger partial charge in [0.2, 0.25) is 0 Å². The number of allylic oxidation sites excluding steroid dienone is 2. The van der Waals surface area contributed by atoms with E-state index < -0.39 is 0 Å². The Morgan fingerprint density at radius 1 is 0.944 bits per heavy atom. The number of aryl methyl sites for hydroxylation is 1. The van der Waals surface area contributed by atoms with Crippen LogP contribution in [0.25, 0.3) is 0 Å². The molecule has 1 rings (SSSR count). The van der Waals surface area contributed by atoms with Crippen LogP contribution in [-0.2, 0) is 6.42 Å². The zero-order valence-corrected chi connectivity index (χ0v) is 13.5. The summed E-state index contributed by atoms with van der Waals surface area (Å²) in [6, 6.07) is 8.79. The highest BCUT2D eigenvalue weighted by molar-refractivity contribution is 5.21. The van der Waals surface area contributed by atoms with Gasteiger partial charge in [0, 0.05) is 0 Å². The van der Waals surface area contributed by atoms with Gasteiger partial charge in [0.05, 0.1) is 0 Å². The van der Waals surface area contributed by atoms with Crippen LogP contribution in [0.5, 0.6) is 0 Å². The van der Waals surface area contributed by atoms with Crippen molar-refractivity contribution in [2.45, 2.75) is 61.3 Å². The van der Waals surface area contributed by atoms with Crippen LogP contribution in [0.3, 0.4) is 0 Å². The minimum atomic E-state index is 0.762. The van der Waals surface area contributed by atoms with E-state index in [1.165, 1.54) is 24.0 Å². The van der Waals surface area contributed by atoms with Gasteiger partial charge >= 0.3 is 0 Å². The van der Waals surface area contributed by atoms with Gasteiger partial charge in [-0.1, -0.05) is 76.1 Å². The predicted octanol–water partition coefficient (Wildman–Crippen LogP) is 6.19. The standard InChI is InChI=1S/C11H16.C4H8.C3H8/c1-9(2)8-11-6-4-10(3)5-7-11;1-3-4-2;1-3-2/h4-7,9H,8H2,1-3H3;3-4H,1-2H3;3H2,1-2H3/b;4-3-;. The lowest BCUT2D eigenvalue weighted by molar-refractivity contribution is 0.647. The molecule has 1 aromatic carbocycles. The molecule has 0 aliphatic heterocycles. The van der Waals surface area contributed by atoms with Gasteiger partial charge in [-0.25, -0.2) is 0 Å². The van der Waals surface area contributed by atoms with Gasteiger partial charge in [0.1, 0.15) is 0 Å². The maximum absolute atomic E-state index is 2.25. The maximum atomic E-state index is 2.25. The Morgan fingerprint density at radius 2 is 1.33 bits per heavy atom. The van der Waals surface area contributed by atoms with Crippen molar-refractivity contribution in [3.63, 3.8) is 0 Å². The largest absolute Gasteiger partial charge is 0.0919 e. The zero-order valence-electron chi connectivity index (χ0n) is 13.5. The number of hydrogen-bond acceptors (Lipinski definition) is 0. The summed E-state index contributed by atoms with van der Waals surface area (Å²) in [6.45, 7) is 14.9. The summed E-state index contributed by atoms with van der Waals surface area (Å²) in [6.07, 6.45) is 6.44. The van der Waals surface area contributed by atoms with Crippen LogP contribution in [-0.4, -0.2) is 0 Å². The number of benzene rings is 1. The van der Waals surface area contributed by atoms with Crippen molar-refractivity contribution in [1.82, 2.24) is 0 Å². The Labute approximate surface area is 115 Å². The fourth-order valence-electron chi connectivity index (χ4n) is 1.20. The highest BCUT2D eigenvalue weighted by Crippen LogP contribution is 2.08. The summed E-state index contributed by atoms with van der Waals surface area (Å²) in [4.78, 5) is 0. The van der Waals surface area contributed by atoms with E-state index in [-0.39, 0.29) is 0 Å². The fourth-order valence-corrected chi connectivity index (χ4v) is 1.20. The van der Waals surface area contributed by atoms with Gasteiger partial charge < -0.3 is 0 Å². The van der Waals surface area contributed by atoms with Gasteiger partial charge in [-0.3, -0.25) is 0 Å². The number of rotatable bonds is 2. The molecule has 0 saturated carbocycles. The van der Waals surface area contributed by atoms with Crippen molar-refractivity contribution < 1.29 is 0 Å². The molecule has 0 bridgehead atoms. The zero-order chi connectivity index (χ0) is 14.4. The van der Waals surface area contributed by atoms with E-state index >= 15 is 0 Å². The molecule has 0 aliphatic rings. The SMILES string of the molecule is C/C=C\C.CCC.Cc1ccc(CC(C)C)cc1. The quantitative estimate of drug-likeness (QED) is 0.547. The van der Waals surface area contributed by atoms with E-state index in [0.717, 1.165) is 5.92 Å². The van der Waals surface area contributed by atoms with E-state index in [4.69, 9.17) is 0 Å². The Balaban J connectivity index is 0. The van der Waals surface area contributed by atoms with Crippen LogP contribution < -0.4 is 0 Å². The van der Waals surface area contributed by atoms with Gasteiger partial charge in [0.15, 0.2) is 0 Å². The van der Waals surface area contributed by atoms with Crippen molar-refractivity contribution in [2.75, 3.05) is 0 Å². The second-order valence-corrected chi connectivity index (χ2v) is 4.96. The molecule has 0 aliphatic carbocycles. The first-order valence-corrected chi connectivity index (χ1v) is 7.14. The molecule has 0 atom stereocenters. The van der Waals surface area contributed by atoms with Gasteiger partial charge in [-0.2, -0.15) is 0 Å². The Hall–Kier alpha value is -1.04. The Bertz CT molecular complexity index is 273. The lowest BCUT2D eigenvalue weighted by Crippen LogP contribution is -1.93. The first-order chi connectivity index (χ1) is 8.51. The predicted molar refractivity (Wildman–Crippen MR) is 86.2 cm³/mol. The molecule has 0 aromatic heterocycles. The topological polar surface area (TPSA) is 0 Å². The average Bonchev–Trinajstić information content (AvgIpc) is 2.33. The second kappa shape index (κ2) is 14.0. The molecular weight excluding hydrogens is 216 g/mol. The highest BCUT2D eigenvalue weighted by Gasteiger charge is 1.95. The second-order valence-electron chi connectivity index (χ2n) is 4.96. The van der Waals surface area contributed by atoms with E-state index in [2.05, 4.69) is 58.9 Å². The van der Waals surface area contributed by atoms with Crippen molar-refractivity contribution in [1.29, 1.82) is 0 Å². The third-order valence-corrected chi connectivity index (χ3v) is 2.10. The normalized spacial score (nSPS) is 9.56. The average molecular weight is 248 g/mol. The molecule has 0 heteroatoms. The molecule has 0 saturated heterocycles. The third-order valence-electron chi connectivity index (χ3n) is 2.10. The molecular formula is C18H32. The van der Waals surface area contributed by atoms with Crippen molar-refractivity contribution in [2.24, 2.45) is 5.92 Å². The molecule has 104 valence electrons. The molecule has 0 N–H and O–H groups in total. The molecule has 0 unspecified atom stereocenters. The minimum absolute atomic E-state index is 0.762. The number of hydrogen-bond donors (Lipinski definition) is 0.